The van der Waals surface area contributed by atoms with Crippen molar-refractivity contribution in [1.82, 2.24) is 0 Å². The Bertz CT molecular complexity index is 365. The molecule has 1 rings (SSSR count). The second-order valence-electron chi connectivity index (χ2n) is 10.5. The van der Waals surface area contributed by atoms with Crippen LogP contribution in [0.2, 0.25) is 39.3 Å². The van der Waals surface area contributed by atoms with Crippen molar-refractivity contribution in [2.75, 3.05) is 0 Å². The summed E-state index contributed by atoms with van der Waals surface area (Å²) < 4.78 is 0. The first-order chi connectivity index (χ1) is 8.49. The standard InChI is InChI=1S/C17H36Si3/c1-16(2,3)13-14(17(4,5)6)18(20(10,11)12)15(13)19(7,8)9/h1-12H3. The van der Waals surface area contributed by atoms with E-state index in [-0.39, 0.29) is 7.93 Å². The normalized spacial score (nSPS) is 18.6. The van der Waals surface area contributed by atoms with Gasteiger partial charge in [-0.25, -0.2) is 0 Å². The smallest absolute Gasteiger partial charge is 0.0723 e. The van der Waals surface area contributed by atoms with Crippen LogP contribution in [0.3, 0.4) is 0 Å². The Labute approximate surface area is 131 Å². The molecule has 0 N–H and O–H groups in total. The van der Waals surface area contributed by atoms with Gasteiger partial charge in [-0.2, -0.15) is 0 Å². The first-order valence-corrected chi connectivity index (χ1v) is 17.5. The van der Waals surface area contributed by atoms with Gasteiger partial charge in [0.25, 0.3) is 0 Å². The Morgan fingerprint density at radius 3 is 1.30 bits per heavy atom. The zero-order valence-electron chi connectivity index (χ0n) is 16.0. The van der Waals surface area contributed by atoms with Crippen LogP contribution in [-0.2, 0) is 0 Å². The molecule has 0 radical (unpaired) electrons. The van der Waals surface area contributed by atoms with E-state index in [1.807, 2.05) is 9.99 Å². The molecular weight excluding hydrogens is 288 g/mol. The fraction of sp³-hybridized carbons (Fsp3) is 0.824. The predicted octanol–water partition coefficient (Wildman–Crippen LogP) is 5.47. The van der Waals surface area contributed by atoms with Crippen molar-refractivity contribution < 1.29 is 0 Å². The van der Waals surface area contributed by atoms with Gasteiger partial charge in [-0.05, 0) is 16.4 Å². The van der Waals surface area contributed by atoms with Gasteiger partial charge < -0.3 is 0 Å². The van der Waals surface area contributed by atoms with Gasteiger partial charge in [0.05, 0.1) is 15.7 Å². The third kappa shape index (κ3) is 3.36. The lowest BCUT2D eigenvalue weighted by Gasteiger charge is -2.51. The van der Waals surface area contributed by atoms with E-state index in [2.05, 4.69) is 80.8 Å². The largest absolute Gasteiger partial charge is 0.0729 e. The number of hydrogen-bond donors (Lipinski definition) is 0. The van der Waals surface area contributed by atoms with Crippen LogP contribution in [0.5, 0.6) is 0 Å². The minimum absolute atomic E-state index is 0.325. The summed E-state index contributed by atoms with van der Waals surface area (Å²) in [4.78, 5) is 2.00. The van der Waals surface area contributed by atoms with Crippen molar-refractivity contribution in [1.29, 1.82) is 0 Å². The monoisotopic (exact) mass is 324 g/mol. The molecule has 0 saturated carbocycles. The summed E-state index contributed by atoms with van der Waals surface area (Å²) >= 11 is 0. The molecule has 0 spiro atoms. The molecule has 20 heavy (non-hydrogen) atoms. The van der Waals surface area contributed by atoms with Crippen molar-refractivity contribution in [3.8, 4) is 0 Å². The Kier molecular flexibility index (Phi) is 4.47. The predicted molar refractivity (Wildman–Crippen MR) is 103 cm³/mol. The van der Waals surface area contributed by atoms with Crippen LogP contribution in [0.1, 0.15) is 41.5 Å². The van der Waals surface area contributed by atoms with Crippen molar-refractivity contribution in [2.24, 2.45) is 10.8 Å². The Hall–Kier alpha value is 0.261. The van der Waals surface area contributed by atoms with Crippen molar-refractivity contribution >= 4 is 28.4 Å². The summed E-state index contributed by atoms with van der Waals surface area (Å²) in [7, 11) is -2.69. The lowest BCUT2D eigenvalue weighted by atomic mass is 9.81. The summed E-state index contributed by atoms with van der Waals surface area (Å²) in [5, 5.41) is 1.89. The average molecular weight is 325 g/mol. The maximum atomic E-state index is 2.60. The van der Waals surface area contributed by atoms with E-state index in [0.29, 0.717) is 10.8 Å². The van der Waals surface area contributed by atoms with E-state index in [1.165, 1.54) is 0 Å². The van der Waals surface area contributed by atoms with E-state index in [9.17, 15) is 0 Å². The number of rotatable bonds is 2. The SMILES string of the molecule is CC(C)(C)C1=C(C(C)(C)C)[Si]([Si](C)(C)C)=C1[Si](C)(C)C. The molecule has 0 atom stereocenters. The molecule has 0 amide bonds. The third-order valence-electron chi connectivity index (χ3n) is 4.00. The van der Waals surface area contributed by atoms with Gasteiger partial charge in [-0.3, -0.25) is 0 Å². The molecule has 0 unspecified atom stereocenters. The molecule has 0 saturated heterocycles. The van der Waals surface area contributed by atoms with Gasteiger partial charge in [0.15, 0.2) is 0 Å². The topological polar surface area (TPSA) is 0 Å². The van der Waals surface area contributed by atoms with Crippen LogP contribution in [0.15, 0.2) is 10.8 Å². The number of allylic oxidation sites excluding steroid dienone is 2. The zero-order chi connectivity index (χ0) is 16.3. The maximum Gasteiger partial charge on any atom is 0.0723 e. The highest BCUT2D eigenvalue weighted by Crippen LogP contribution is 2.46. The van der Waals surface area contributed by atoms with E-state index in [1.54, 1.807) is 5.57 Å². The molecule has 1 aliphatic rings. The fourth-order valence-electron chi connectivity index (χ4n) is 3.44. The minimum atomic E-state index is -1.20. The van der Waals surface area contributed by atoms with Gasteiger partial charge in [-0.15, -0.1) is 0 Å². The molecule has 1 aliphatic heterocycles. The highest BCUT2D eigenvalue weighted by atomic mass is 29.2. The van der Waals surface area contributed by atoms with E-state index < -0.39 is 15.7 Å². The second kappa shape index (κ2) is 4.88. The quantitative estimate of drug-likeness (QED) is 0.591. The zero-order valence-corrected chi connectivity index (χ0v) is 19.0. The lowest BCUT2D eigenvalue weighted by molar-refractivity contribution is 0.475. The molecule has 0 aromatic heterocycles. The molecule has 0 bridgehead atoms. The molecule has 116 valence electrons. The molecule has 1 heterocycles. The van der Waals surface area contributed by atoms with Crippen LogP contribution in [0.25, 0.3) is 0 Å². The van der Waals surface area contributed by atoms with Gasteiger partial charge in [0.2, 0.25) is 0 Å². The van der Waals surface area contributed by atoms with E-state index in [0.717, 1.165) is 0 Å². The summed E-state index contributed by atoms with van der Waals surface area (Å²) in [6, 6.07) is 0. The molecule has 0 fully saturated rings. The fourth-order valence-corrected chi connectivity index (χ4v) is 25.1. The molecule has 0 nitrogen and oxygen atoms in total. The molecule has 3 heteroatoms. The van der Waals surface area contributed by atoms with E-state index >= 15 is 0 Å². The average Bonchev–Trinajstić information content (AvgIpc) is 1.86. The van der Waals surface area contributed by atoms with Gasteiger partial charge in [-0.1, -0.05) is 90.8 Å². The van der Waals surface area contributed by atoms with Crippen LogP contribution >= 0.6 is 0 Å². The molecule has 0 aromatic carbocycles. The minimum Gasteiger partial charge on any atom is -0.0729 e. The summed E-state index contributed by atoms with van der Waals surface area (Å²) in [6.07, 6.45) is 0. The van der Waals surface area contributed by atoms with Crippen LogP contribution in [0.4, 0.5) is 0 Å². The van der Waals surface area contributed by atoms with Crippen molar-refractivity contribution in [3.05, 3.63) is 10.8 Å². The first kappa shape index (κ1) is 18.3. The maximum absolute atomic E-state index is 2.60. The lowest BCUT2D eigenvalue weighted by Crippen LogP contribution is -2.61. The first-order valence-electron chi connectivity index (χ1n) is 8.00. The van der Waals surface area contributed by atoms with Crippen LogP contribution in [-0.4, -0.2) is 28.4 Å². The van der Waals surface area contributed by atoms with Gasteiger partial charge in [0, 0.05) is 7.93 Å². The van der Waals surface area contributed by atoms with Crippen LogP contribution < -0.4 is 0 Å². The highest BCUT2D eigenvalue weighted by molar-refractivity contribution is 7.45. The van der Waals surface area contributed by atoms with Crippen molar-refractivity contribution in [2.45, 2.75) is 80.8 Å². The summed E-state index contributed by atoms with van der Waals surface area (Å²) in [5.41, 5.74) is 2.48. The second-order valence-corrected chi connectivity index (χ2v) is 28.2. The summed E-state index contributed by atoms with van der Waals surface area (Å²) in [5.74, 6) is 0. The Morgan fingerprint density at radius 1 is 0.700 bits per heavy atom. The molecule has 0 aliphatic carbocycles. The number of hydrogen-bond acceptors (Lipinski definition) is 0. The molecular formula is C17H36Si3. The Morgan fingerprint density at radius 2 is 1.10 bits per heavy atom. The van der Waals surface area contributed by atoms with E-state index in [4.69, 9.17) is 0 Å². The van der Waals surface area contributed by atoms with Crippen LogP contribution in [0, 0.1) is 10.8 Å². The third-order valence-corrected chi connectivity index (χ3v) is 19.2. The molecule has 0 aromatic rings. The highest BCUT2D eigenvalue weighted by Gasteiger charge is 2.48. The van der Waals surface area contributed by atoms with Crippen molar-refractivity contribution in [3.63, 3.8) is 0 Å². The van der Waals surface area contributed by atoms with Gasteiger partial charge in [0.1, 0.15) is 0 Å². The summed E-state index contributed by atoms with van der Waals surface area (Å²) in [6.45, 7) is 30.1. The Balaban J connectivity index is 3.65. The van der Waals surface area contributed by atoms with Gasteiger partial charge >= 0.3 is 0 Å².